The number of hydrogen-bond donors (Lipinski definition) is 1. The van der Waals surface area contributed by atoms with E-state index >= 15 is 0 Å². The molecule has 2 aromatic carbocycles. The molecule has 0 aromatic heterocycles. The number of benzene rings is 2. The number of carbonyl (C=O) groups excluding carboxylic acids is 2. The molecule has 3 rings (SSSR count). The summed E-state index contributed by atoms with van der Waals surface area (Å²) in [6.45, 7) is 3.11. The summed E-state index contributed by atoms with van der Waals surface area (Å²) in [6.07, 6.45) is 0. The Kier molecular flexibility index (Phi) is 3.10. The molecule has 0 aliphatic carbocycles. The molecule has 0 amide bonds. The molecule has 0 saturated carbocycles. The first-order valence-corrected chi connectivity index (χ1v) is 7.11. The van der Waals surface area contributed by atoms with Crippen LogP contribution in [-0.4, -0.2) is 11.6 Å². The van der Waals surface area contributed by atoms with Gasteiger partial charge in [0.2, 0.25) is 0 Å². The van der Waals surface area contributed by atoms with Gasteiger partial charge in [0.1, 0.15) is 0 Å². The minimum Gasteiger partial charge on any atom is -0.354 e. The molecule has 0 unspecified atom stereocenters. The maximum atomic E-state index is 11.4. The Morgan fingerprint density at radius 3 is 1.70 bits per heavy atom. The highest BCUT2D eigenvalue weighted by Crippen LogP contribution is 2.44. The van der Waals surface area contributed by atoms with Gasteiger partial charge in [0.05, 0.1) is 11.4 Å². The quantitative estimate of drug-likeness (QED) is 0.712. The molecule has 100 valence electrons. The van der Waals surface area contributed by atoms with E-state index in [2.05, 4.69) is 5.32 Å². The maximum Gasteiger partial charge on any atom is 0.159 e. The molecule has 0 saturated heterocycles. The van der Waals surface area contributed by atoms with Gasteiger partial charge in [0.25, 0.3) is 0 Å². The predicted octanol–water partition coefficient (Wildman–Crippen LogP) is 4.30. The van der Waals surface area contributed by atoms with E-state index in [1.54, 1.807) is 25.6 Å². The van der Waals surface area contributed by atoms with Crippen LogP contribution in [0.1, 0.15) is 34.6 Å². The Morgan fingerprint density at radius 1 is 0.850 bits per heavy atom. The molecule has 1 heterocycles. The van der Waals surface area contributed by atoms with E-state index in [1.165, 1.54) is 0 Å². The van der Waals surface area contributed by atoms with Crippen LogP contribution in [0.25, 0.3) is 0 Å². The van der Waals surface area contributed by atoms with Crippen LogP contribution >= 0.6 is 11.8 Å². The van der Waals surface area contributed by atoms with Gasteiger partial charge in [0.15, 0.2) is 11.6 Å². The zero-order chi connectivity index (χ0) is 14.3. The number of hydrogen-bond acceptors (Lipinski definition) is 4. The Bertz CT molecular complexity index is 676. The van der Waals surface area contributed by atoms with Gasteiger partial charge in [-0.1, -0.05) is 23.9 Å². The highest BCUT2D eigenvalue weighted by Gasteiger charge is 2.17. The summed E-state index contributed by atoms with van der Waals surface area (Å²) in [6, 6.07) is 11.3. The lowest BCUT2D eigenvalue weighted by atomic mass is 10.1. The Labute approximate surface area is 121 Å². The van der Waals surface area contributed by atoms with Crippen LogP contribution in [0.2, 0.25) is 0 Å². The van der Waals surface area contributed by atoms with Gasteiger partial charge in [-0.2, -0.15) is 0 Å². The molecular formula is C16H13NO2S. The highest BCUT2D eigenvalue weighted by molar-refractivity contribution is 7.99. The second kappa shape index (κ2) is 4.80. The van der Waals surface area contributed by atoms with E-state index in [-0.39, 0.29) is 11.6 Å². The lowest BCUT2D eigenvalue weighted by Gasteiger charge is -2.21. The van der Waals surface area contributed by atoms with Gasteiger partial charge >= 0.3 is 0 Å². The average molecular weight is 283 g/mol. The summed E-state index contributed by atoms with van der Waals surface area (Å²) in [5.41, 5.74) is 3.19. The molecular weight excluding hydrogens is 270 g/mol. The van der Waals surface area contributed by atoms with Crippen molar-refractivity contribution in [3.8, 4) is 0 Å². The smallest absolute Gasteiger partial charge is 0.159 e. The number of nitrogens with one attached hydrogen (secondary N) is 1. The van der Waals surface area contributed by atoms with Crippen LogP contribution < -0.4 is 5.32 Å². The molecule has 0 spiro atoms. The Hall–Kier alpha value is -2.07. The summed E-state index contributed by atoms with van der Waals surface area (Å²) in [5, 5.41) is 3.31. The fourth-order valence-corrected chi connectivity index (χ4v) is 3.08. The third-order valence-corrected chi connectivity index (χ3v) is 4.41. The van der Waals surface area contributed by atoms with E-state index in [9.17, 15) is 9.59 Å². The zero-order valence-electron chi connectivity index (χ0n) is 11.2. The first-order valence-electron chi connectivity index (χ1n) is 6.29. The summed E-state index contributed by atoms with van der Waals surface area (Å²) >= 11 is 1.64. The van der Waals surface area contributed by atoms with Crippen molar-refractivity contribution in [1.82, 2.24) is 0 Å². The standard InChI is InChI=1S/C16H13NO2S/c1-9(18)11-3-5-15-13(7-11)17-14-8-12(10(2)19)4-6-16(14)20-15/h3-8,17H,1-2H3. The van der Waals surface area contributed by atoms with Crippen LogP contribution in [0.15, 0.2) is 46.2 Å². The van der Waals surface area contributed by atoms with Gasteiger partial charge < -0.3 is 5.32 Å². The molecule has 3 nitrogen and oxygen atoms in total. The lowest BCUT2D eigenvalue weighted by molar-refractivity contribution is 0.100. The number of anilines is 2. The largest absolute Gasteiger partial charge is 0.354 e. The number of ketones is 2. The van der Waals surface area contributed by atoms with Crippen molar-refractivity contribution in [3.63, 3.8) is 0 Å². The van der Waals surface area contributed by atoms with Crippen molar-refractivity contribution in [2.24, 2.45) is 0 Å². The van der Waals surface area contributed by atoms with Crippen LogP contribution in [-0.2, 0) is 0 Å². The second-order valence-electron chi connectivity index (χ2n) is 4.76. The molecule has 0 fully saturated rings. The lowest BCUT2D eigenvalue weighted by Crippen LogP contribution is -2.03. The van der Waals surface area contributed by atoms with Crippen molar-refractivity contribution in [2.75, 3.05) is 5.32 Å². The molecule has 2 aromatic rings. The number of rotatable bonds is 2. The van der Waals surface area contributed by atoms with Gasteiger partial charge in [-0.15, -0.1) is 0 Å². The van der Waals surface area contributed by atoms with Gasteiger partial charge in [-0.25, -0.2) is 0 Å². The molecule has 0 radical (unpaired) electrons. The summed E-state index contributed by atoms with van der Waals surface area (Å²) in [4.78, 5) is 25.0. The Balaban J connectivity index is 2.03. The van der Waals surface area contributed by atoms with Crippen molar-refractivity contribution in [3.05, 3.63) is 47.5 Å². The van der Waals surface area contributed by atoms with E-state index in [1.807, 2.05) is 36.4 Å². The summed E-state index contributed by atoms with van der Waals surface area (Å²) < 4.78 is 0. The highest BCUT2D eigenvalue weighted by atomic mass is 32.2. The summed E-state index contributed by atoms with van der Waals surface area (Å²) in [7, 11) is 0. The van der Waals surface area contributed by atoms with E-state index in [4.69, 9.17) is 0 Å². The SMILES string of the molecule is CC(=O)c1ccc2c(c1)Nc1cc(C(C)=O)ccc1S2. The van der Waals surface area contributed by atoms with E-state index < -0.39 is 0 Å². The number of fused-ring (bicyclic) bond motifs is 2. The van der Waals surface area contributed by atoms with Crippen molar-refractivity contribution < 1.29 is 9.59 Å². The number of Topliss-reactive ketones (excluding diaryl/α,β-unsaturated/α-hetero) is 2. The van der Waals surface area contributed by atoms with Crippen LogP contribution in [0.4, 0.5) is 11.4 Å². The fourth-order valence-electron chi connectivity index (χ4n) is 2.13. The Morgan fingerprint density at radius 2 is 1.30 bits per heavy atom. The van der Waals surface area contributed by atoms with Gasteiger partial charge in [-0.05, 0) is 38.1 Å². The molecule has 1 aliphatic heterocycles. The third-order valence-electron chi connectivity index (χ3n) is 3.26. The van der Waals surface area contributed by atoms with Gasteiger partial charge in [-0.3, -0.25) is 9.59 Å². The number of carbonyl (C=O) groups is 2. The molecule has 4 heteroatoms. The average Bonchev–Trinajstić information content (AvgIpc) is 2.43. The molecule has 1 N–H and O–H groups in total. The van der Waals surface area contributed by atoms with Crippen molar-refractivity contribution in [2.45, 2.75) is 23.6 Å². The monoisotopic (exact) mass is 283 g/mol. The maximum absolute atomic E-state index is 11.4. The minimum atomic E-state index is 0.0443. The third kappa shape index (κ3) is 2.23. The van der Waals surface area contributed by atoms with Gasteiger partial charge in [0, 0.05) is 20.9 Å². The second-order valence-corrected chi connectivity index (χ2v) is 5.85. The van der Waals surface area contributed by atoms with E-state index in [0.29, 0.717) is 11.1 Å². The predicted molar refractivity (Wildman–Crippen MR) is 80.3 cm³/mol. The molecule has 0 bridgehead atoms. The van der Waals surface area contributed by atoms with Crippen LogP contribution in [0.3, 0.4) is 0 Å². The molecule has 20 heavy (non-hydrogen) atoms. The molecule has 0 atom stereocenters. The minimum absolute atomic E-state index is 0.0443. The van der Waals surface area contributed by atoms with Crippen molar-refractivity contribution >= 4 is 34.7 Å². The topological polar surface area (TPSA) is 46.2 Å². The van der Waals surface area contributed by atoms with Crippen LogP contribution in [0.5, 0.6) is 0 Å². The first-order chi connectivity index (χ1) is 9.54. The fraction of sp³-hybridized carbons (Fsp3) is 0.125. The molecule has 1 aliphatic rings. The normalized spacial score (nSPS) is 12.1. The first kappa shape index (κ1) is 12.9. The van der Waals surface area contributed by atoms with E-state index in [0.717, 1.165) is 21.2 Å². The van der Waals surface area contributed by atoms with Crippen molar-refractivity contribution in [1.29, 1.82) is 0 Å². The van der Waals surface area contributed by atoms with Crippen LogP contribution in [0, 0.1) is 0 Å². The zero-order valence-corrected chi connectivity index (χ0v) is 12.0. The summed E-state index contributed by atoms with van der Waals surface area (Å²) in [5.74, 6) is 0.0887.